The lowest BCUT2D eigenvalue weighted by Gasteiger charge is -2.26. The average Bonchev–Trinajstić information content (AvgIpc) is 2.56. The molecule has 0 aromatic heterocycles. The van der Waals surface area contributed by atoms with E-state index in [1.165, 1.54) is 0 Å². The van der Waals surface area contributed by atoms with Crippen molar-refractivity contribution in [3.63, 3.8) is 0 Å². The monoisotopic (exact) mass is 346 g/mol. The first-order chi connectivity index (χ1) is 11.5. The van der Waals surface area contributed by atoms with Gasteiger partial charge in [-0.25, -0.2) is 8.42 Å². The van der Waals surface area contributed by atoms with Gasteiger partial charge in [0.05, 0.1) is 12.4 Å². The van der Waals surface area contributed by atoms with Crippen LogP contribution >= 0.6 is 0 Å². The molecule has 0 unspecified atom stereocenters. The smallest absolute Gasteiger partial charge is 0.253 e. The van der Waals surface area contributed by atoms with E-state index in [1.807, 2.05) is 6.07 Å². The molecule has 1 heterocycles. The van der Waals surface area contributed by atoms with E-state index in [4.69, 9.17) is 4.74 Å². The number of ether oxygens (including phenoxy) is 1. The highest BCUT2D eigenvalue weighted by atomic mass is 32.2. The number of benzene rings is 2. The maximum atomic E-state index is 12.2. The van der Waals surface area contributed by atoms with E-state index in [1.54, 1.807) is 53.4 Å². The van der Waals surface area contributed by atoms with Crippen LogP contribution in [-0.2, 0) is 25.3 Å². The average molecular weight is 346 g/mol. The minimum atomic E-state index is -3.49. The first-order valence-electron chi connectivity index (χ1n) is 7.56. The summed E-state index contributed by atoms with van der Waals surface area (Å²) < 4.78 is 32.1. The molecule has 126 valence electrons. The van der Waals surface area contributed by atoms with Gasteiger partial charge in [0.25, 0.3) is 5.91 Å². The van der Waals surface area contributed by atoms with Gasteiger partial charge < -0.3 is 9.64 Å². The van der Waals surface area contributed by atoms with E-state index >= 15 is 0 Å². The molecule has 2 aromatic carbocycles. The van der Waals surface area contributed by atoms with Gasteiger partial charge in [-0.1, -0.05) is 30.3 Å². The minimum absolute atomic E-state index is 0.0749. The van der Waals surface area contributed by atoms with Gasteiger partial charge in [-0.15, -0.1) is 0 Å². The van der Waals surface area contributed by atoms with E-state index in [2.05, 4.69) is 4.72 Å². The molecule has 0 aliphatic carbocycles. The largest absolute Gasteiger partial charge is 0.370 e. The molecule has 2 aromatic rings. The van der Waals surface area contributed by atoms with Crippen molar-refractivity contribution in [1.29, 1.82) is 0 Å². The zero-order valence-electron chi connectivity index (χ0n) is 13.0. The topological polar surface area (TPSA) is 75.7 Å². The molecule has 24 heavy (non-hydrogen) atoms. The molecule has 0 saturated carbocycles. The second-order valence-electron chi connectivity index (χ2n) is 5.49. The lowest BCUT2D eigenvalue weighted by Crippen LogP contribution is -2.41. The van der Waals surface area contributed by atoms with E-state index in [9.17, 15) is 13.2 Å². The Morgan fingerprint density at radius 2 is 1.75 bits per heavy atom. The molecular formula is C17H18N2O4S. The summed E-state index contributed by atoms with van der Waals surface area (Å²) in [5.74, 6) is -0.184. The van der Waals surface area contributed by atoms with E-state index in [0.717, 1.165) is 11.3 Å². The number of amides is 1. The molecule has 1 saturated heterocycles. The van der Waals surface area contributed by atoms with Crippen molar-refractivity contribution in [3.8, 4) is 0 Å². The van der Waals surface area contributed by atoms with Crippen LogP contribution < -0.4 is 9.62 Å². The third-order valence-corrected chi connectivity index (χ3v) is 4.90. The standard InChI is InChI=1S/C17H18N2O4S/c20-17-12-23-11-10-19(17)16-8-6-15(7-9-16)18-24(21,22)13-14-4-2-1-3-5-14/h1-9,18H,10-13H2. The molecule has 0 radical (unpaired) electrons. The Bertz CT molecular complexity index is 804. The number of rotatable bonds is 5. The number of hydrogen-bond donors (Lipinski definition) is 1. The Morgan fingerprint density at radius 3 is 2.42 bits per heavy atom. The molecule has 1 amide bonds. The summed E-state index contributed by atoms with van der Waals surface area (Å²) in [4.78, 5) is 13.4. The van der Waals surface area contributed by atoms with E-state index in [0.29, 0.717) is 18.8 Å². The molecule has 0 atom stereocenters. The van der Waals surface area contributed by atoms with Crippen molar-refractivity contribution < 1.29 is 17.9 Å². The first kappa shape index (κ1) is 16.5. The normalized spacial score (nSPS) is 15.3. The number of nitrogens with zero attached hydrogens (tertiary/aromatic N) is 1. The zero-order chi connectivity index (χ0) is 17.0. The predicted molar refractivity (Wildman–Crippen MR) is 92.3 cm³/mol. The Hall–Kier alpha value is -2.38. The summed E-state index contributed by atoms with van der Waals surface area (Å²) in [6, 6.07) is 15.8. The fraction of sp³-hybridized carbons (Fsp3) is 0.235. The summed E-state index contributed by atoms with van der Waals surface area (Å²) in [6.45, 7) is 1.07. The van der Waals surface area contributed by atoms with Crippen LogP contribution in [0.25, 0.3) is 0 Å². The van der Waals surface area contributed by atoms with Crippen LogP contribution in [0.3, 0.4) is 0 Å². The molecule has 1 aliphatic heterocycles. The van der Waals surface area contributed by atoms with Crippen molar-refractivity contribution in [2.45, 2.75) is 5.75 Å². The van der Waals surface area contributed by atoms with Crippen LogP contribution in [0.2, 0.25) is 0 Å². The highest BCUT2D eigenvalue weighted by Gasteiger charge is 2.20. The predicted octanol–water partition coefficient (Wildman–Crippen LogP) is 1.99. The van der Waals surface area contributed by atoms with Crippen molar-refractivity contribution in [1.82, 2.24) is 0 Å². The zero-order valence-corrected chi connectivity index (χ0v) is 13.8. The summed E-state index contributed by atoms with van der Waals surface area (Å²) in [7, 11) is -3.49. The summed E-state index contributed by atoms with van der Waals surface area (Å²) in [6.07, 6.45) is 0. The van der Waals surface area contributed by atoms with Gasteiger partial charge in [0.2, 0.25) is 10.0 Å². The fourth-order valence-electron chi connectivity index (χ4n) is 2.51. The molecular weight excluding hydrogens is 328 g/mol. The minimum Gasteiger partial charge on any atom is -0.370 e. The molecule has 3 rings (SSSR count). The number of carbonyl (C=O) groups is 1. The van der Waals surface area contributed by atoms with Crippen LogP contribution in [0.4, 0.5) is 11.4 Å². The van der Waals surface area contributed by atoms with Gasteiger partial charge >= 0.3 is 0 Å². The highest BCUT2D eigenvalue weighted by molar-refractivity contribution is 7.91. The van der Waals surface area contributed by atoms with Gasteiger partial charge in [-0.2, -0.15) is 0 Å². The number of hydrogen-bond acceptors (Lipinski definition) is 4. The SMILES string of the molecule is O=C1COCCN1c1ccc(NS(=O)(=O)Cc2ccccc2)cc1. The summed E-state index contributed by atoms with van der Waals surface area (Å²) in [5.41, 5.74) is 1.92. The van der Waals surface area contributed by atoms with Crippen molar-refractivity contribution in [2.24, 2.45) is 0 Å². The maximum absolute atomic E-state index is 12.2. The number of anilines is 2. The van der Waals surface area contributed by atoms with Crippen molar-refractivity contribution in [2.75, 3.05) is 29.4 Å². The molecule has 1 aliphatic rings. The second kappa shape index (κ2) is 7.02. The van der Waals surface area contributed by atoms with Crippen LogP contribution in [-0.4, -0.2) is 34.1 Å². The van der Waals surface area contributed by atoms with Crippen molar-refractivity contribution in [3.05, 3.63) is 60.2 Å². The Kier molecular flexibility index (Phi) is 4.82. The van der Waals surface area contributed by atoms with Crippen LogP contribution in [0, 0.1) is 0 Å². The third-order valence-electron chi connectivity index (χ3n) is 3.64. The van der Waals surface area contributed by atoms with E-state index in [-0.39, 0.29) is 18.3 Å². The Labute approximate surface area is 141 Å². The number of morpholine rings is 1. The number of sulfonamides is 1. The molecule has 7 heteroatoms. The fourth-order valence-corrected chi connectivity index (χ4v) is 3.71. The Morgan fingerprint density at radius 1 is 1.04 bits per heavy atom. The lowest BCUT2D eigenvalue weighted by atomic mass is 10.2. The number of carbonyl (C=O) groups excluding carboxylic acids is 1. The maximum Gasteiger partial charge on any atom is 0.253 e. The van der Waals surface area contributed by atoms with Gasteiger partial charge in [0.15, 0.2) is 0 Å². The van der Waals surface area contributed by atoms with Crippen LogP contribution in [0.5, 0.6) is 0 Å². The third kappa shape index (κ3) is 4.12. The Balaban J connectivity index is 1.68. The second-order valence-corrected chi connectivity index (χ2v) is 7.21. The summed E-state index contributed by atoms with van der Waals surface area (Å²) in [5, 5.41) is 0. The highest BCUT2D eigenvalue weighted by Crippen LogP contribution is 2.21. The van der Waals surface area contributed by atoms with Gasteiger partial charge in [0, 0.05) is 17.9 Å². The van der Waals surface area contributed by atoms with Crippen LogP contribution in [0.15, 0.2) is 54.6 Å². The van der Waals surface area contributed by atoms with Gasteiger partial charge in [0.1, 0.15) is 6.61 Å². The number of nitrogens with one attached hydrogen (secondary N) is 1. The van der Waals surface area contributed by atoms with Gasteiger partial charge in [-0.3, -0.25) is 9.52 Å². The van der Waals surface area contributed by atoms with Crippen molar-refractivity contribution >= 4 is 27.3 Å². The summed E-state index contributed by atoms with van der Waals surface area (Å²) >= 11 is 0. The molecule has 0 spiro atoms. The quantitative estimate of drug-likeness (QED) is 0.898. The first-order valence-corrected chi connectivity index (χ1v) is 9.21. The van der Waals surface area contributed by atoms with Gasteiger partial charge in [-0.05, 0) is 29.8 Å². The van der Waals surface area contributed by atoms with E-state index < -0.39 is 10.0 Å². The molecule has 1 N–H and O–H groups in total. The lowest BCUT2D eigenvalue weighted by molar-refractivity contribution is -0.125. The molecule has 6 nitrogen and oxygen atoms in total. The molecule has 0 bridgehead atoms. The molecule has 1 fully saturated rings. The van der Waals surface area contributed by atoms with Crippen LogP contribution in [0.1, 0.15) is 5.56 Å².